The second kappa shape index (κ2) is 2.44. The summed E-state index contributed by atoms with van der Waals surface area (Å²) in [7, 11) is 0. The van der Waals surface area contributed by atoms with Gasteiger partial charge in [-0.2, -0.15) is 0 Å². The minimum atomic E-state index is -0.552. The summed E-state index contributed by atoms with van der Waals surface area (Å²) < 4.78 is 0. The Morgan fingerprint density at radius 1 is 1.25 bits per heavy atom. The fraction of sp³-hybridized carbons (Fsp3) is 1.00. The molecule has 1 fully saturated rings. The Labute approximate surface area is 48.3 Å². The van der Waals surface area contributed by atoms with Crippen LogP contribution in [-0.2, 0) is 0 Å². The quantitative estimate of drug-likeness (QED) is 0.369. The van der Waals surface area contributed by atoms with Gasteiger partial charge in [0.2, 0.25) is 0 Å². The van der Waals surface area contributed by atoms with E-state index in [0.717, 1.165) is 6.54 Å². The third kappa shape index (κ3) is 1.18. The summed E-state index contributed by atoms with van der Waals surface area (Å²) >= 11 is 0. The lowest BCUT2D eigenvalue weighted by Gasteiger charge is -2.23. The maximum absolute atomic E-state index is 8.89. The van der Waals surface area contributed by atoms with E-state index in [1.165, 1.54) is 0 Å². The molecule has 1 heterocycles. The molecule has 2 atom stereocenters. The second-order valence-corrected chi connectivity index (χ2v) is 2.13. The van der Waals surface area contributed by atoms with E-state index in [2.05, 4.69) is 5.32 Å². The smallest absolute Gasteiger partial charge is 0.0923 e. The fourth-order valence-electron chi connectivity index (χ4n) is 0.828. The Hall–Kier alpha value is -0.120. The van der Waals surface area contributed by atoms with Gasteiger partial charge in [0.25, 0.3) is 0 Å². The average molecular weight is 117 g/mol. The first-order valence-corrected chi connectivity index (χ1v) is 2.87. The van der Waals surface area contributed by atoms with Crippen LogP contribution in [0.5, 0.6) is 0 Å². The van der Waals surface area contributed by atoms with Gasteiger partial charge >= 0.3 is 0 Å². The molecule has 3 N–H and O–H groups in total. The molecule has 0 amide bonds. The SMILES string of the molecule is OC1CNCC[C@@H]1O. The summed E-state index contributed by atoms with van der Waals surface area (Å²) in [6.45, 7) is 1.35. The van der Waals surface area contributed by atoms with Crippen LogP contribution in [0.25, 0.3) is 0 Å². The number of rotatable bonds is 0. The van der Waals surface area contributed by atoms with Crippen LogP contribution in [0.4, 0.5) is 0 Å². The molecular weight excluding hydrogens is 106 g/mol. The molecule has 1 rings (SSSR count). The molecule has 0 bridgehead atoms. The monoisotopic (exact) mass is 117 g/mol. The van der Waals surface area contributed by atoms with Crippen LogP contribution in [0, 0.1) is 0 Å². The van der Waals surface area contributed by atoms with Crippen molar-refractivity contribution >= 4 is 0 Å². The van der Waals surface area contributed by atoms with Crippen molar-refractivity contribution in [2.75, 3.05) is 13.1 Å². The molecule has 1 saturated heterocycles. The molecule has 3 nitrogen and oxygen atoms in total. The molecule has 8 heavy (non-hydrogen) atoms. The summed E-state index contributed by atoms with van der Waals surface area (Å²) in [4.78, 5) is 0. The fourth-order valence-corrected chi connectivity index (χ4v) is 0.828. The summed E-state index contributed by atoms with van der Waals surface area (Å²) in [5.41, 5.74) is 0. The van der Waals surface area contributed by atoms with Crippen molar-refractivity contribution in [3.05, 3.63) is 0 Å². The summed E-state index contributed by atoms with van der Waals surface area (Å²) in [5, 5.41) is 20.7. The molecule has 1 aliphatic rings. The zero-order valence-electron chi connectivity index (χ0n) is 4.67. The van der Waals surface area contributed by atoms with E-state index < -0.39 is 12.2 Å². The lowest BCUT2D eigenvalue weighted by molar-refractivity contribution is 0.000433. The lowest BCUT2D eigenvalue weighted by Crippen LogP contribution is -2.43. The van der Waals surface area contributed by atoms with Crippen LogP contribution in [-0.4, -0.2) is 35.5 Å². The summed E-state index contributed by atoms with van der Waals surface area (Å²) in [6.07, 6.45) is -0.388. The molecule has 0 aliphatic carbocycles. The minimum Gasteiger partial charge on any atom is -0.390 e. The number of hydrogen-bond acceptors (Lipinski definition) is 3. The maximum atomic E-state index is 8.89. The van der Waals surface area contributed by atoms with E-state index >= 15 is 0 Å². The van der Waals surface area contributed by atoms with E-state index in [4.69, 9.17) is 10.2 Å². The number of hydrogen-bond donors (Lipinski definition) is 3. The lowest BCUT2D eigenvalue weighted by atomic mass is 10.1. The molecule has 1 aliphatic heterocycles. The average Bonchev–Trinajstić information content (AvgIpc) is 1.77. The van der Waals surface area contributed by atoms with Gasteiger partial charge in [-0.15, -0.1) is 0 Å². The highest BCUT2D eigenvalue weighted by Crippen LogP contribution is 2.01. The van der Waals surface area contributed by atoms with Crippen LogP contribution in [0.1, 0.15) is 6.42 Å². The topological polar surface area (TPSA) is 52.5 Å². The van der Waals surface area contributed by atoms with Crippen LogP contribution in [0.15, 0.2) is 0 Å². The largest absolute Gasteiger partial charge is 0.390 e. The van der Waals surface area contributed by atoms with Gasteiger partial charge in [-0.05, 0) is 13.0 Å². The zero-order valence-corrected chi connectivity index (χ0v) is 4.67. The van der Waals surface area contributed by atoms with Crippen molar-refractivity contribution < 1.29 is 10.2 Å². The number of β-amino-alcohol motifs (C(OH)–C–C–N with tert-alkyl or cyclic N) is 1. The maximum Gasteiger partial charge on any atom is 0.0923 e. The Balaban J connectivity index is 2.28. The van der Waals surface area contributed by atoms with E-state index in [-0.39, 0.29) is 0 Å². The molecule has 1 unspecified atom stereocenters. The van der Waals surface area contributed by atoms with E-state index in [1.807, 2.05) is 0 Å². The molecule has 48 valence electrons. The molecule has 0 spiro atoms. The van der Waals surface area contributed by atoms with Gasteiger partial charge in [-0.1, -0.05) is 0 Å². The van der Waals surface area contributed by atoms with Gasteiger partial charge in [0.1, 0.15) is 0 Å². The number of aliphatic hydroxyl groups excluding tert-OH is 2. The van der Waals surface area contributed by atoms with Gasteiger partial charge in [0.05, 0.1) is 12.2 Å². The third-order valence-electron chi connectivity index (χ3n) is 1.41. The molecular formula is C5H11NO2. The Bertz CT molecular complexity index is 66.8. The molecule has 0 radical (unpaired) electrons. The predicted octanol–water partition coefficient (Wildman–Crippen LogP) is -1.30. The minimum absolute atomic E-state index is 0.503. The Kier molecular flexibility index (Phi) is 1.83. The zero-order chi connectivity index (χ0) is 5.98. The van der Waals surface area contributed by atoms with Crippen molar-refractivity contribution in [1.29, 1.82) is 0 Å². The van der Waals surface area contributed by atoms with Crippen LogP contribution >= 0.6 is 0 Å². The van der Waals surface area contributed by atoms with Gasteiger partial charge in [-0.3, -0.25) is 0 Å². The van der Waals surface area contributed by atoms with Crippen LogP contribution in [0.3, 0.4) is 0 Å². The van der Waals surface area contributed by atoms with Crippen LogP contribution < -0.4 is 5.32 Å². The number of aliphatic hydroxyl groups is 2. The predicted molar refractivity (Wildman–Crippen MR) is 29.5 cm³/mol. The standard InChI is InChI=1S/C5H11NO2/c7-4-1-2-6-3-5(4)8/h4-8H,1-3H2/t4-,5?/m0/s1. The number of piperidine rings is 1. The Morgan fingerprint density at radius 2 is 2.00 bits per heavy atom. The van der Waals surface area contributed by atoms with Crippen molar-refractivity contribution in [2.24, 2.45) is 0 Å². The highest BCUT2D eigenvalue weighted by Gasteiger charge is 2.18. The highest BCUT2D eigenvalue weighted by atomic mass is 16.3. The second-order valence-electron chi connectivity index (χ2n) is 2.13. The van der Waals surface area contributed by atoms with Crippen molar-refractivity contribution in [1.82, 2.24) is 5.32 Å². The van der Waals surface area contributed by atoms with Crippen LogP contribution in [0.2, 0.25) is 0 Å². The molecule has 0 aromatic rings. The van der Waals surface area contributed by atoms with Gasteiger partial charge in [-0.25, -0.2) is 0 Å². The van der Waals surface area contributed by atoms with Crippen molar-refractivity contribution in [3.63, 3.8) is 0 Å². The first-order valence-electron chi connectivity index (χ1n) is 2.87. The van der Waals surface area contributed by atoms with E-state index in [1.54, 1.807) is 0 Å². The van der Waals surface area contributed by atoms with Gasteiger partial charge < -0.3 is 15.5 Å². The third-order valence-corrected chi connectivity index (χ3v) is 1.41. The van der Waals surface area contributed by atoms with Crippen molar-refractivity contribution in [3.8, 4) is 0 Å². The first-order chi connectivity index (χ1) is 3.80. The highest BCUT2D eigenvalue weighted by molar-refractivity contribution is 4.75. The molecule has 0 aromatic carbocycles. The van der Waals surface area contributed by atoms with E-state index in [0.29, 0.717) is 13.0 Å². The van der Waals surface area contributed by atoms with Gasteiger partial charge in [0.15, 0.2) is 0 Å². The van der Waals surface area contributed by atoms with Crippen molar-refractivity contribution in [2.45, 2.75) is 18.6 Å². The normalized spacial score (nSPS) is 39.8. The summed E-state index contributed by atoms with van der Waals surface area (Å²) in [5.74, 6) is 0. The molecule has 0 aromatic heterocycles. The molecule has 0 saturated carbocycles. The number of nitrogens with one attached hydrogen (secondary N) is 1. The molecule has 3 heteroatoms. The Morgan fingerprint density at radius 3 is 2.38 bits per heavy atom. The van der Waals surface area contributed by atoms with Gasteiger partial charge in [0, 0.05) is 6.54 Å². The van der Waals surface area contributed by atoms with E-state index in [9.17, 15) is 0 Å². The summed E-state index contributed by atoms with van der Waals surface area (Å²) in [6, 6.07) is 0. The first kappa shape index (κ1) is 6.01.